The van der Waals surface area contributed by atoms with Crippen molar-refractivity contribution in [1.82, 2.24) is 5.32 Å². The Bertz CT molecular complexity index is 249. The first-order chi connectivity index (χ1) is 5.47. The minimum absolute atomic E-state index is 0.987. The highest BCUT2D eigenvalue weighted by atomic mass is 16.3. The molecule has 0 fully saturated rings. The van der Waals surface area contributed by atoms with Crippen LogP contribution in [0.2, 0.25) is 0 Å². The van der Waals surface area contributed by atoms with Crippen molar-refractivity contribution in [2.45, 2.75) is 6.42 Å². The standard InChI is InChI=1S/C9H11NO/c1-4-10-5-2-8(1)9-3-6-11-7-9/h1,3,6-7,10H,2,4-5H2. The molecule has 0 atom stereocenters. The highest BCUT2D eigenvalue weighted by molar-refractivity contribution is 5.65. The average Bonchev–Trinajstić information content (AvgIpc) is 2.58. The topological polar surface area (TPSA) is 25.2 Å². The highest BCUT2D eigenvalue weighted by Crippen LogP contribution is 2.19. The van der Waals surface area contributed by atoms with Gasteiger partial charge in [-0.25, -0.2) is 0 Å². The van der Waals surface area contributed by atoms with E-state index in [9.17, 15) is 0 Å². The van der Waals surface area contributed by atoms with Crippen LogP contribution in [0.15, 0.2) is 29.1 Å². The van der Waals surface area contributed by atoms with Crippen molar-refractivity contribution < 1.29 is 4.42 Å². The predicted molar refractivity (Wildman–Crippen MR) is 44.2 cm³/mol. The molecule has 11 heavy (non-hydrogen) atoms. The van der Waals surface area contributed by atoms with Crippen LogP contribution in [-0.2, 0) is 0 Å². The zero-order valence-corrected chi connectivity index (χ0v) is 6.34. The molecular weight excluding hydrogens is 138 g/mol. The molecule has 1 N–H and O–H groups in total. The first-order valence-electron chi connectivity index (χ1n) is 3.89. The molecule has 1 aliphatic rings. The molecule has 2 heterocycles. The third kappa shape index (κ3) is 1.35. The summed E-state index contributed by atoms with van der Waals surface area (Å²) in [5.41, 5.74) is 2.63. The molecule has 1 aliphatic heterocycles. The van der Waals surface area contributed by atoms with E-state index < -0.39 is 0 Å². The minimum atomic E-state index is 0.987. The molecule has 0 spiro atoms. The van der Waals surface area contributed by atoms with E-state index in [0.29, 0.717) is 0 Å². The van der Waals surface area contributed by atoms with Gasteiger partial charge in [-0.2, -0.15) is 0 Å². The second kappa shape index (κ2) is 2.93. The molecule has 2 rings (SSSR count). The molecule has 0 saturated carbocycles. The van der Waals surface area contributed by atoms with E-state index in [1.165, 1.54) is 11.1 Å². The fourth-order valence-electron chi connectivity index (χ4n) is 1.33. The summed E-state index contributed by atoms with van der Waals surface area (Å²) in [6.07, 6.45) is 6.85. The van der Waals surface area contributed by atoms with Crippen LogP contribution in [0.25, 0.3) is 5.57 Å². The van der Waals surface area contributed by atoms with Crippen molar-refractivity contribution in [3.8, 4) is 0 Å². The Morgan fingerprint density at radius 1 is 1.45 bits per heavy atom. The van der Waals surface area contributed by atoms with Gasteiger partial charge in [-0.15, -0.1) is 0 Å². The lowest BCUT2D eigenvalue weighted by Crippen LogP contribution is -2.19. The predicted octanol–water partition coefficient (Wildman–Crippen LogP) is 1.66. The lowest BCUT2D eigenvalue weighted by molar-refractivity contribution is 0.566. The van der Waals surface area contributed by atoms with Gasteiger partial charge in [-0.3, -0.25) is 0 Å². The summed E-state index contributed by atoms with van der Waals surface area (Å²) in [4.78, 5) is 0. The zero-order chi connectivity index (χ0) is 7.52. The van der Waals surface area contributed by atoms with Crippen LogP contribution in [0.1, 0.15) is 12.0 Å². The van der Waals surface area contributed by atoms with Crippen LogP contribution >= 0.6 is 0 Å². The second-order valence-corrected chi connectivity index (χ2v) is 2.70. The Morgan fingerprint density at radius 3 is 3.09 bits per heavy atom. The number of furan rings is 1. The van der Waals surface area contributed by atoms with Crippen LogP contribution in [0.4, 0.5) is 0 Å². The molecule has 1 aromatic rings. The molecule has 0 aliphatic carbocycles. The van der Waals surface area contributed by atoms with Crippen molar-refractivity contribution in [2.24, 2.45) is 0 Å². The first kappa shape index (κ1) is 6.68. The van der Waals surface area contributed by atoms with Gasteiger partial charge in [0, 0.05) is 12.1 Å². The first-order valence-corrected chi connectivity index (χ1v) is 3.89. The number of nitrogens with one attached hydrogen (secondary N) is 1. The monoisotopic (exact) mass is 149 g/mol. The number of hydrogen-bond acceptors (Lipinski definition) is 2. The Kier molecular flexibility index (Phi) is 1.78. The third-order valence-corrected chi connectivity index (χ3v) is 1.96. The van der Waals surface area contributed by atoms with E-state index >= 15 is 0 Å². The summed E-state index contributed by atoms with van der Waals surface area (Å²) in [6, 6.07) is 2.01. The molecule has 2 heteroatoms. The van der Waals surface area contributed by atoms with Crippen LogP contribution in [0.3, 0.4) is 0 Å². The maximum absolute atomic E-state index is 5.01. The van der Waals surface area contributed by atoms with E-state index in [2.05, 4.69) is 11.4 Å². The maximum atomic E-state index is 5.01. The number of rotatable bonds is 1. The lowest BCUT2D eigenvalue weighted by atomic mass is 10.0. The Balaban J connectivity index is 2.22. The molecule has 58 valence electrons. The van der Waals surface area contributed by atoms with Crippen LogP contribution < -0.4 is 5.32 Å². The van der Waals surface area contributed by atoms with E-state index in [1.807, 2.05) is 6.07 Å². The third-order valence-electron chi connectivity index (χ3n) is 1.96. The SMILES string of the molecule is C1=C(c2ccoc2)CCNC1. The molecule has 1 aromatic heterocycles. The molecule has 0 amide bonds. The molecule has 2 nitrogen and oxygen atoms in total. The summed E-state index contributed by atoms with van der Waals surface area (Å²) < 4.78 is 5.01. The van der Waals surface area contributed by atoms with Gasteiger partial charge in [0.2, 0.25) is 0 Å². The largest absolute Gasteiger partial charge is 0.472 e. The molecular formula is C9H11NO. The van der Waals surface area contributed by atoms with Crippen LogP contribution in [0, 0.1) is 0 Å². The van der Waals surface area contributed by atoms with Crippen molar-refractivity contribution in [1.29, 1.82) is 0 Å². The fourth-order valence-corrected chi connectivity index (χ4v) is 1.33. The highest BCUT2D eigenvalue weighted by Gasteiger charge is 2.05. The van der Waals surface area contributed by atoms with Crippen LogP contribution in [-0.4, -0.2) is 13.1 Å². The van der Waals surface area contributed by atoms with Gasteiger partial charge in [0.15, 0.2) is 0 Å². The van der Waals surface area contributed by atoms with E-state index in [1.54, 1.807) is 12.5 Å². The van der Waals surface area contributed by atoms with Gasteiger partial charge in [0.05, 0.1) is 12.5 Å². The van der Waals surface area contributed by atoms with Gasteiger partial charge in [0.25, 0.3) is 0 Å². The second-order valence-electron chi connectivity index (χ2n) is 2.70. The van der Waals surface area contributed by atoms with E-state index in [-0.39, 0.29) is 0 Å². The summed E-state index contributed by atoms with van der Waals surface area (Å²) in [7, 11) is 0. The summed E-state index contributed by atoms with van der Waals surface area (Å²) >= 11 is 0. The Morgan fingerprint density at radius 2 is 2.45 bits per heavy atom. The quantitative estimate of drug-likeness (QED) is 0.656. The van der Waals surface area contributed by atoms with E-state index in [0.717, 1.165) is 19.5 Å². The fraction of sp³-hybridized carbons (Fsp3) is 0.333. The Hall–Kier alpha value is -1.02. The molecule has 0 unspecified atom stereocenters. The normalized spacial score (nSPS) is 18.0. The summed E-state index contributed by atoms with van der Waals surface area (Å²) in [6.45, 7) is 2.07. The average molecular weight is 149 g/mol. The zero-order valence-electron chi connectivity index (χ0n) is 6.34. The molecule has 0 saturated heterocycles. The number of hydrogen-bond donors (Lipinski definition) is 1. The minimum Gasteiger partial charge on any atom is -0.472 e. The Labute approximate surface area is 65.9 Å². The summed E-state index contributed by atoms with van der Waals surface area (Å²) in [5, 5.41) is 3.27. The smallest absolute Gasteiger partial charge is 0.0977 e. The van der Waals surface area contributed by atoms with Crippen LogP contribution in [0.5, 0.6) is 0 Å². The van der Waals surface area contributed by atoms with Crippen molar-refractivity contribution >= 4 is 5.57 Å². The molecule has 0 aromatic carbocycles. The van der Waals surface area contributed by atoms with Gasteiger partial charge in [-0.1, -0.05) is 6.08 Å². The van der Waals surface area contributed by atoms with E-state index in [4.69, 9.17) is 4.42 Å². The lowest BCUT2D eigenvalue weighted by Gasteiger charge is -2.11. The van der Waals surface area contributed by atoms with Gasteiger partial charge in [-0.05, 0) is 24.6 Å². The van der Waals surface area contributed by atoms with Crippen molar-refractivity contribution in [2.75, 3.05) is 13.1 Å². The molecule has 0 bridgehead atoms. The molecule has 0 radical (unpaired) electrons. The van der Waals surface area contributed by atoms with Crippen molar-refractivity contribution in [3.05, 3.63) is 30.2 Å². The summed E-state index contributed by atoms with van der Waals surface area (Å²) in [5.74, 6) is 0. The van der Waals surface area contributed by atoms with Gasteiger partial charge < -0.3 is 9.73 Å². The maximum Gasteiger partial charge on any atom is 0.0977 e. The van der Waals surface area contributed by atoms with Gasteiger partial charge in [0.1, 0.15) is 0 Å². The van der Waals surface area contributed by atoms with Gasteiger partial charge >= 0.3 is 0 Å². The van der Waals surface area contributed by atoms with Crippen molar-refractivity contribution in [3.63, 3.8) is 0 Å².